The molecule has 0 aromatic heterocycles. The van der Waals surface area contributed by atoms with Gasteiger partial charge in [-0.15, -0.1) is 0 Å². The lowest BCUT2D eigenvalue weighted by Gasteiger charge is -2.34. The summed E-state index contributed by atoms with van der Waals surface area (Å²) in [5.41, 5.74) is 1.17. The number of rotatable bonds is 9. The van der Waals surface area contributed by atoms with Crippen LogP contribution in [0.3, 0.4) is 0 Å². The van der Waals surface area contributed by atoms with Gasteiger partial charge in [0.25, 0.3) is 0 Å². The number of benzene rings is 1. The first-order chi connectivity index (χ1) is 13.7. The predicted molar refractivity (Wildman–Crippen MR) is 118 cm³/mol. The van der Waals surface area contributed by atoms with E-state index in [1.54, 1.807) is 25.1 Å². The monoisotopic (exact) mass is 424 g/mol. The molecule has 1 heterocycles. The van der Waals surface area contributed by atoms with Gasteiger partial charge in [-0.1, -0.05) is 19.9 Å². The zero-order valence-electron chi connectivity index (χ0n) is 18.4. The van der Waals surface area contributed by atoms with Crippen molar-refractivity contribution in [3.05, 3.63) is 23.8 Å². The molecule has 29 heavy (non-hydrogen) atoms. The van der Waals surface area contributed by atoms with Crippen molar-refractivity contribution in [2.75, 3.05) is 58.7 Å². The third-order valence-corrected chi connectivity index (χ3v) is 7.67. The molecule has 1 fully saturated rings. The summed E-state index contributed by atoms with van der Waals surface area (Å²) < 4.78 is 26.1. The topological polar surface area (TPSA) is 73.0 Å². The molecule has 0 radical (unpaired) electrons. The van der Waals surface area contributed by atoms with Crippen molar-refractivity contribution in [2.45, 2.75) is 38.5 Å². The second-order valence-electron chi connectivity index (χ2n) is 8.02. The molecule has 7 nitrogen and oxygen atoms in total. The van der Waals surface area contributed by atoms with Crippen LogP contribution in [-0.4, -0.2) is 81.8 Å². The highest BCUT2D eigenvalue weighted by molar-refractivity contribution is 7.89. The molecule has 8 heteroatoms. The third-order valence-electron chi connectivity index (χ3n) is 5.72. The summed E-state index contributed by atoms with van der Waals surface area (Å²) in [5.74, 6) is 0.592. The van der Waals surface area contributed by atoms with Crippen LogP contribution >= 0.6 is 0 Å². The number of carbonyl (C=O) groups excluding carboxylic acids is 1. The summed E-state index contributed by atoms with van der Waals surface area (Å²) in [7, 11) is -0.538. The lowest BCUT2D eigenvalue weighted by molar-refractivity contribution is -0.117. The van der Waals surface area contributed by atoms with Gasteiger partial charge in [-0.2, -0.15) is 0 Å². The SMILES string of the molecule is CCN(CC)CC1CCN(CC(=O)Nc2ccc(C)c(S(=O)(=O)N(C)C)c2)CC1. The normalized spacial score (nSPS) is 16.5. The molecule has 0 bridgehead atoms. The van der Waals surface area contributed by atoms with Gasteiger partial charge in [0.05, 0.1) is 11.4 Å². The highest BCUT2D eigenvalue weighted by Crippen LogP contribution is 2.23. The van der Waals surface area contributed by atoms with Gasteiger partial charge in [0.1, 0.15) is 0 Å². The molecule has 1 amide bonds. The van der Waals surface area contributed by atoms with Crippen LogP contribution in [0.1, 0.15) is 32.3 Å². The Morgan fingerprint density at radius 3 is 2.34 bits per heavy atom. The molecule has 0 unspecified atom stereocenters. The van der Waals surface area contributed by atoms with Crippen molar-refractivity contribution in [2.24, 2.45) is 5.92 Å². The lowest BCUT2D eigenvalue weighted by atomic mass is 9.96. The van der Waals surface area contributed by atoms with Gasteiger partial charge in [-0.05, 0) is 69.6 Å². The van der Waals surface area contributed by atoms with E-state index in [4.69, 9.17) is 0 Å². The fraction of sp³-hybridized carbons (Fsp3) is 0.667. The van der Waals surface area contributed by atoms with E-state index >= 15 is 0 Å². The molecule has 0 spiro atoms. The molecule has 2 rings (SSSR count). The van der Waals surface area contributed by atoms with E-state index in [0.717, 1.165) is 45.6 Å². The van der Waals surface area contributed by atoms with E-state index in [1.165, 1.54) is 18.4 Å². The molecular formula is C21H36N4O3S. The van der Waals surface area contributed by atoms with Gasteiger partial charge in [0, 0.05) is 26.3 Å². The number of hydrogen-bond donors (Lipinski definition) is 1. The Balaban J connectivity index is 1.91. The van der Waals surface area contributed by atoms with E-state index in [9.17, 15) is 13.2 Å². The zero-order chi connectivity index (χ0) is 21.6. The molecule has 164 valence electrons. The Bertz CT molecular complexity index is 783. The van der Waals surface area contributed by atoms with Crippen molar-refractivity contribution in [1.29, 1.82) is 0 Å². The predicted octanol–water partition coefficient (Wildman–Crippen LogP) is 2.24. The number of amides is 1. The van der Waals surface area contributed by atoms with E-state index in [0.29, 0.717) is 23.7 Å². The molecule has 0 aliphatic carbocycles. The van der Waals surface area contributed by atoms with Crippen molar-refractivity contribution in [3.63, 3.8) is 0 Å². The smallest absolute Gasteiger partial charge is 0.242 e. The zero-order valence-corrected chi connectivity index (χ0v) is 19.3. The average molecular weight is 425 g/mol. The molecule has 1 aliphatic rings. The minimum absolute atomic E-state index is 0.107. The van der Waals surface area contributed by atoms with E-state index in [-0.39, 0.29) is 10.8 Å². The molecule has 1 N–H and O–H groups in total. The van der Waals surface area contributed by atoms with Crippen LogP contribution in [-0.2, 0) is 14.8 Å². The standard InChI is InChI=1S/C21H36N4O3S/c1-6-24(7-2)15-18-10-12-25(13-11-18)16-21(26)22-19-9-8-17(3)20(14-19)29(27,28)23(4)5/h8-9,14,18H,6-7,10-13,15-16H2,1-5H3,(H,22,26). The van der Waals surface area contributed by atoms with Gasteiger partial charge < -0.3 is 10.2 Å². The van der Waals surface area contributed by atoms with E-state index in [1.807, 2.05) is 0 Å². The maximum Gasteiger partial charge on any atom is 0.242 e. The number of likely N-dealkylation sites (tertiary alicyclic amines) is 1. The van der Waals surface area contributed by atoms with Gasteiger partial charge in [-0.3, -0.25) is 9.69 Å². The summed E-state index contributed by atoms with van der Waals surface area (Å²) in [6, 6.07) is 5.02. The Morgan fingerprint density at radius 2 is 1.79 bits per heavy atom. The maximum atomic E-state index is 12.5. The van der Waals surface area contributed by atoms with Crippen LogP contribution in [0.5, 0.6) is 0 Å². The summed E-state index contributed by atoms with van der Waals surface area (Å²) >= 11 is 0. The molecule has 1 aromatic carbocycles. The quantitative estimate of drug-likeness (QED) is 0.658. The van der Waals surface area contributed by atoms with Crippen molar-refractivity contribution < 1.29 is 13.2 Å². The largest absolute Gasteiger partial charge is 0.325 e. The van der Waals surface area contributed by atoms with Crippen molar-refractivity contribution >= 4 is 21.6 Å². The first kappa shape index (κ1) is 23.8. The fourth-order valence-electron chi connectivity index (χ4n) is 3.73. The minimum Gasteiger partial charge on any atom is -0.325 e. The Labute approximate surface area is 176 Å². The number of anilines is 1. The van der Waals surface area contributed by atoms with Gasteiger partial charge in [0.2, 0.25) is 15.9 Å². The molecule has 0 atom stereocenters. The summed E-state index contributed by atoms with van der Waals surface area (Å²) in [6.07, 6.45) is 2.22. The number of aryl methyl sites for hydroxylation is 1. The number of nitrogens with one attached hydrogen (secondary N) is 1. The number of nitrogens with zero attached hydrogens (tertiary/aromatic N) is 3. The summed E-state index contributed by atoms with van der Waals surface area (Å²) in [4.78, 5) is 17.4. The third kappa shape index (κ3) is 6.50. The van der Waals surface area contributed by atoms with Gasteiger partial charge >= 0.3 is 0 Å². The molecular weight excluding hydrogens is 388 g/mol. The summed E-state index contributed by atoms with van der Waals surface area (Å²) in [6.45, 7) is 11.6. The molecule has 1 saturated heterocycles. The number of hydrogen-bond acceptors (Lipinski definition) is 5. The van der Waals surface area contributed by atoms with Crippen LogP contribution in [0.2, 0.25) is 0 Å². The number of carbonyl (C=O) groups is 1. The number of sulfonamides is 1. The first-order valence-corrected chi connectivity index (χ1v) is 11.9. The van der Waals surface area contributed by atoms with Crippen LogP contribution < -0.4 is 5.32 Å². The Hall–Kier alpha value is -1.48. The second-order valence-corrected chi connectivity index (χ2v) is 10.1. The highest BCUT2D eigenvalue weighted by atomic mass is 32.2. The van der Waals surface area contributed by atoms with Crippen molar-refractivity contribution in [1.82, 2.24) is 14.1 Å². The van der Waals surface area contributed by atoms with E-state index in [2.05, 4.69) is 29.0 Å². The molecule has 1 aromatic rings. The van der Waals surface area contributed by atoms with Crippen LogP contribution in [0, 0.1) is 12.8 Å². The maximum absolute atomic E-state index is 12.5. The Kier molecular flexibility index (Phi) is 8.63. The van der Waals surface area contributed by atoms with E-state index < -0.39 is 10.0 Å². The van der Waals surface area contributed by atoms with Crippen LogP contribution in [0.4, 0.5) is 5.69 Å². The van der Waals surface area contributed by atoms with Gasteiger partial charge in [0.15, 0.2) is 0 Å². The van der Waals surface area contributed by atoms with Crippen LogP contribution in [0.15, 0.2) is 23.1 Å². The minimum atomic E-state index is -3.55. The molecule has 1 aliphatic heterocycles. The van der Waals surface area contributed by atoms with Gasteiger partial charge in [-0.25, -0.2) is 12.7 Å². The second kappa shape index (κ2) is 10.5. The average Bonchev–Trinajstić information content (AvgIpc) is 2.68. The first-order valence-electron chi connectivity index (χ1n) is 10.4. The molecule has 0 saturated carbocycles. The summed E-state index contributed by atoms with van der Waals surface area (Å²) in [5, 5.41) is 2.86. The van der Waals surface area contributed by atoms with Crippen LogP contribution in [0.25, 0.3) is 0 Å². The fourth-order valence-corrected chi connectivity index (χ4v) is 4.87. The Morgan fingerprint density at radius 1 is 1.17 bits per heavy atom. The highest BCUT2D eigenvalue weighted by Gasteiger charge is 2.23. The van der Waals surface area contributed by atoms with Crippen molar-refractivity contribution in [3.8, 4) is 0 Å². The number of piperidine rings is 1. The lowest BCUT2D eigenvalue weighted by Crippen LogP contribution is -2.42.